The normalized spacial score (nSPS) is 14.7. The van der Waals surface area contributed by atoms with Crippen LogP contribution in [0.3, 0.4) is 0 Å². The number of ether oxygens (including phenoxy) is 1. The lowest BCUT2D eigenvalue weighted by Crippen LogP contribution is -2.37. The first-order valence-corrected chi connectivity index (χ1v) is 11.7. The summed E-state index contributed by atoms with van der Waals surface area (Å²) in [5.74, 6) is 2.64. The second-order valence-corrected chi connectivity index (χ2v) is 8.73. The van der Waals surface area contributed by atoms with E-state index in [1.54, 1.807) is 6.20 Å². The third-order valence-corrected chi connectivity index (χ3v) is 6.00. The molecule has 1 aliphatic heterocycles. The van der Waals surface area contributed by atoms with E-state index in [2.05, 4.69) is 40.7 Å². The summed E-state index contributed by atoms with van der Waals surface area (Å²) in [6.45, 7) is 4.61. The summed E-state index contributed by atoms with van der Waals surface area (Å²) in [5, 5.41) is 24.7. The Hall–Kier alpha value is -3.61. The summed E-state index contributed by atoms with van der Waals surface area (Å²) in [5.41, 5.74) is 0.859. The molecule has 0 radical (unpaired) electrons. The minimum Gasteiger partial charge on any atom is -0.415 e. The van der Waals surface area contributed by atoms with Crippen molar-refractivity contribution in [2.24, 2.45) is 0 Å². The first-order valence-electron chi connectivity index (χ1n) is 10.9. The number of morpholine rings is 1. The molecule has 0 spiro atoms. The van der Waals surface area contributed by atoms with E-state index >= 15 is 0 Å². The molecule has 4 aromatic rings. The van der Waals surface area contributed by atoms with Crippen molar-refractivity contribution in [3.05, 3.63) is 42.6 Å². The summed E-state index contributed by atoms with van der Waals surface area (Å²) < 4.78 is 11.3. The number of hydrogen-bond acceptors (Lipinski definition) is 12. The van der Waals surface area contributed by atoms with Crippen LogP contribution in [0.4, 0.5) is 22.7 Å². The first kappa shape index (κ1) is 22.2. The number of anilines is 4. The highest BCUT2D eigenvalue weighted by Crippen LogP contribution is 2.32. The molecule has 11 nitrogen and oxygen atoms in total. The number of rotatable bonds is 8. The molecule has 1 unspecified atom stereocenters. The van der Waals surface area contributed by atoms with Gasteiger partial charge in [-0.15, -0.1) is 10.2 Å². The number of aliphatic hydroxyl groups is 1. The van der Waals surface area contributed by atoms with Crippen LogP contribution in [0.15, 0.2) is 47.0 Å². The number of nitrogens with one attached hydrogen (secondary N) is 2. The monoisotopic (exact) mass is 480 g/mol. The van der Waals surface area contributed by atoms with Gasteiger partial charge in [-0.2, -0.15) is 9.97 Å². The van der Waals surface area contributed by atoms with E-state index in [9.17, 15) is 5.11 Å². The quantitative estimate of drug-likeness (QED) is 0.343. The second-order valence-electron chi connectivity index (χ2n) is 7.70. The minimum atomic E-state index is -0.185. The molecule has 1 atom stereocenters. The van der Waals surface area contributed by atoms with E-state index in [4.69, 9.17) is 9.15 Å². The van der Waals surface area contributed by atoms with Crippen LogP contribution in [0.1, 0.15) is 6.92 Å². The largest absolute Gasteiger partial charge is 0.415 e. The molecule has 0 amide bonds. The molecule has 1 aromatic carbocycles. The third kappa shape index (κ3) is 5.14. The van der Waals surface area contributed by atoms with Gasteiger partial charge in [0.05, 0.1) is 26.0 Å². The number of aromatic nitrogens is 5. The molecule has 4 heterocycles. The van der Waals surface area contributed by atoms with E-state index in [1.807, 2.05) is 43.3 Å². The van der Waals surface area contributed by atoms with Crippen LogP contribution >= 0.6 is 11.3 Å². The molecule has 1 fully saturated rings. The number of nitrogens with zero attached hydrogens (tertiary/aromatic N) is 6. The molecule has 1 saturated heterocycles. The zero-order valence-electron chi connectivity index (χ0n) is 18.5. The lowest BCUT2D eigenvalue weighted by Gasteiger charge is -2.28. The minimum absolute atomic E-state index is 0.0289. The SMILES string of the molecule is CC(CO)Nc1nc(Nc2ncc(-c3nnc(-c4ccccc4)o3)s2)cc(N2CCOCC2)n1. The van der Waals surface area contributed by atoms with Gasteiger partial charge in [-0.3, -0.25) is 0 Å². The summed E-state index contributed by atoms with van der Waals surface area (Å²) in [6.07, 6.45) is 1.69. The number of aliphatic hydroxyl groups excluding tert-OH is 1. The summed E-state index contributed by atoms with van der Waals surface area (Å²) in [4.78, 5) is 16.5. The van der Waals surface area contributed by atoms with Gasteiger partial charge in [0, 0.05) is 30.8 Å². The topological polar surface area (TPSA) is 134 Å². The van der Waals surface area contributed by atoms with Crippen molar-refractivity contribution in [1.82, 2.24) is 25.1 Å². The summed E-state index contributed by atoms with van der Waals surface area (Å²) >= 11 is 1.38. The molecule has 3 N–H and O–H groups in total. The maximum Gasteiger partial charge on any atom is 0.259 e. The molecule has 176 valence electrons. The van der Waals surface area contributed by atoms with Gasteiger partial charge in [-0.1, -0.05) is 29.5 Å². The van der Waals surface area contributed by atoms with Crippen molar-refractivity contribution in [2.45, 2.75) is 13.0 Å². The van der Waals surface area contributed by atoms with Gasteiger partial charge >= 0.3 is 0 Å². The van der Waals surface area contributed by atoms with Gasteiger partial charge in [0.15, 0.2) is 5.13 Å². The number of benzene rings is 1. The van der Waals surface area contributed by atoms with Crippen LogP contribution in [-0.2, 0) is 4.74 Å². The standard InChI is InChI=1S/C22H24N8O3S/c1-14(13-31)24-21-25-17(11-18(27-21)30-7-9-32-10-8-30)26-22-23-12-16(34-22)20-29-28-19(33-20)15-5-3-2-4-6-15/h2-6,11-12,14,31H,7-10,13H2,1H3,(H2,23,24,25,26,27). The maximum absolute atomic E-state index is 9.42. The van der Waals surface area contributed by atoms with E-state index in [-0.39, 0.29) is 12.6 Å². The Balaban J connectivity index is 1.37. The Labute approximate surface area is 199 Å². The number of thiazole rings is 1. The Morgan fingerprint density at radius 3 is 2.71 bits per heavy atom. The van der Waals surface area contributed by atoms with Crippen LogP contribution in [0.25, 0.3) is 22.2 Å². The van der Waals surface area contributed by atoms with E-state index in [0.29, 0.717) is 41.9 Å². The molecular formula is C22H24N8O3S. The maximum atomic E-state index is 9.42. The van der Waals surface area contributed by atoms with Gasteiger partial charge < -0.3 is 29.8 Å². The van der Waals surface area contributed by atoms with Gasteiger partial charge in [0.25, 0.3) is 5.89 Å². The number of hydrogen-bond donors (Lipinski definition) is 3. The van der Waals surface area contributed by atoms with Gasteiger partial charge in [-0.25, -0.2) is 4.98 Å². The van der Waals surface area contributed by atoms with E-state index in [0.717, 1.165) is 29.3 Å². The Morgan fingerprint density at radius 2 is 1.91 bits per heavy atom. The Kier molecular flexibility index (Phi) is 6.60. The fourth-order valence-electron chi connectivity index (χ4n) is 3.34. The highest BCUT2D eigenvalue weighted by Gasteiger charge is 2.18. The van der Waals surface area contributed by atoms with Crippen LogP contribution in [0, 0.1) is 0 Å². The zero-order valence-corrected chi connectivity index (χ0v) is 19.3. The fourth-order valence-corrected chi connectivity index (χ4v) is 4.09. The van der Waals surface area contributed by atoms with Crippen LogP contribution in [0.5, 0.6) is 0 Å². The Bertz CT molecular complexity index is 1230. The molecule has 0 saturated carbocycles. The van der Waals surface area contributed by atoms with Gasteiger partial charge in [0.2, 0.25) is 11.8 Å². The molecule has 1 aliphatic rings. The molecule has 3 aromatic heterocycles. The van der Waals surface area contributed by atoms with Gasteiger partial charge in [0.1, 0.15) is 16.5 Å². The summed E-state index contributed by atoms with van der Waals surface area (Å²) in [6, 6.07) is 11.3. The van der Waals surface area contributed by atoms with Crippen molar-refractivity contribution in [3.8, 4) is 22.2 Å². The van der Waals surface area contributed by atoms with Crippen LogP contribution in [-0.4, -0.2) is 69.2 Å². The first-order chi connectivity index (χ1) is 16.7. The predicted octanol–water partition coefficient (Wildman–Crippen LogP) is 3.02. The highest BCUT2D eigenvalue weighted by atomic mass is 32.1. The molecule has 34 heavy (non-hydrogen) atoms. The average molecular weight is 481 g/mol. The van der Waals surface area contributed by atoms with Gasteiger partial charge in [-0.05, 0) is 19.1 Å². The lowest BCUT2D eigenvalue weighted by molar-refractivity contribution is 0.122. The van der Waals surface area contributed by atoms with E-state index < -0.39 is 0 Å². The average Bonchev–Trinajstić information content (AvgIpc) is 3.55. The second kappa shape index (κ2) is 10.1. The highest BCUT2D eigenvalue weighted by molar-refractivity contribution is 7.18. The van der Waals surface area contributed by atoms with Crippen molar-refractivity contribution >= 4 is 34.1 Å². The van der Waals surface area contributed by atoms with Crippen molar-refractivity contribution < 1.29 is 14.3 Å². The van der Waals surface area contributed by atoms with E-state index in [1.165, 1.54) is 11.3 Å². The van der Waals surface area contributed by atoms with Crippen molar-refractivity contribution in [1.29, 1.82) is 0 Å². The smallest absolute Gasteiger partial charge is 0.259 e. The molecule has 0 bridgehead atoms. The molecule has 0 aliphatic carbocycles. The fraction of sp³-hybridized carbons (Fsp3) is 0.318. The lowest BCUT2D eigenvalue weighted by atomic mass is 10.2. The van der Waals surface area contributed by atoms with Crippen LogP contribution in [0.2, 0.25) is 0 Å². The third-order valence-electron chi connectivity index (χ3n) is 5.09. The van der Waals surface area contributed by atoms with Crippen LogP contribution < -0.4 is 15.5 Å². The van der Waals surface area contributed by atoms with Crippen molar-refractivity contribution in [2.75, 3.05) is 48.4 Å². The van der Waals surface area contributed by atoms with Crippen molar-refractivity contribution in [3.63, 3.8) is 0 Å². The Morgan fingerprint density at radius 1 is 1.12 bits per heavy atom. The molecule has 12 heteroatoms. The predicted molar refractivity (Wildman–Crippen MR) is 129 cm³/mol. The summed E-state index contributed by atoms with van der Waals surface area (Å²) in [7, 11) is 0. The zero-order chi connectivity index (χ0) is 23.3. The molecular weight excluding hydrogens is 456 g/mol. The molecule has 5 rings (SSSR count).